The molecule has 2 aromatic rings. The van der Waals surface area contributed by atoms with E-state index in [9.17, 15) is 0 Å². The molecule has 0 atom stereocenters. The maximum atomic E-state index is 5.24. The van der Waals surface area contributed by atoms with Crippen molar-refractivity contribution in [2.75, 3.05) is 51.2 Å². The normalized spacial score (nSPS) is 12.2. The maximum absolute atomic E-state index is 5.24. The van der Waals surface area contributed by atoms with E-state index in [2.05, 4.69) is 76.4 Å². The summed E-state index contributed by atoms with van der Waals surface area (Å²) < 4.78 is 10.5. The average Bonchev–Trinajstić information content (AvgIpc) is 2.70. The molecule has 32 heavy (non-hydrogen) atoms. The predicted octanol–water partition coefficient (Wildman–Crippen LogP) is 5.15. The molecule has 0 aliphatic rings. The summed E-state index contributed by atoms with van der Waals surface area (Å²) >= 11 is 0. The van der Waals surface area contributed by atoms with E-state index in [1.165, 1.54) is 33.4 Å². The molecule has 2 rings (SSSR count). The number of rotatable bonds is 8. The van der Waals surface area contributed by atoms with Gasteiger partial charge >= 0.3 is 0 Å². The van der Waals surface area contributed by atoms with Crippen LogP contribution in [0.2, 0.25) is 0 Å². The smallest absolute Gasteiger partial charge is 0.169 e. The molecule has 6 nitrogen and oxygen atoms in total. The lowest BCUT2D eigenvalue weighted by atomic mass is 10.0. The summed E-state index contributed by atoms with van der Waals surface area (Å²) in [7, 11) is 3.36. The number of nitrogens with one attached hydrogen (secondary N) is 2. The number of aliphatic imine (C=N–C) groups is 2. The van der Waals surface area contributed by atoms with Crippen LogP contribution in [0.4, 0.5) is 11.4 Å². The van der Waals surface area contributed by atoms with E-state index in [0.717, 1.165) is 11.4 Å². The molecule has 0 heterocycles. The van der Waals surface area contributed by atoms with Gasteiger partial charge in [0.2, 0.25) is 0 Å². The first-order valence-electron chi connectivity index (χ1n) is 11.0. The number of aryl methyl sites for hydroxylation is 6. The monoisotopic (exact) mass is 438 g/mol. The van der Waals surface area contributed by atoms with Crippen molar-refractivity contribution < 1.29 is 9.47 Å². The molecule has 0 saturated heterocycles. The Morgan fingerprint density at radius 1 is 0.625 bits per heavy atom. The molecule has 0 unspecified atom stereocenters. The van der Waals surface area contributed by atoms with Crippen LogP contribution in [0, 0.1) is 41.5 Å². The van der Waals surface area contributed by atoms with Crippen LogP contribution in [0.15, 0.2) is 34.3 Å². The van der Waals surface area contributed by atoms with Gasteiger partial charge in [-0.3, -0.25) is 9.98 Å². The lowest BCUT2D eigenvalue weighted by Crippen LogP contribution is -2.32. The average molecular weight is 439 g/mol. The van der Waals surface area contributed by atoms with E-state index in [-0.39, 0.29) is 0 Å². The summed E-state index contributed by atoms with van der Waals surface area (Å²) in [6.07, 6.45) is 0. The van der Waals surface area contributed by atoms with Crippen LogP contribution in [0.5, 0.6) is 0 Å². The molecule has 2 aromatic carbocycles. The molecule has 0 bridgehead atoms. The second-order valence-corrected chi connectivity index (χ2v) is 8.24. The van der Waals surface area contributed by atoms with Crippen molar-refractivity contribution in [1.29, 1.82) is 0 Å². The molecule has 0 amide bonds. The summed E-state index contributed by atoms with van der Waals surface area (Å²) in [4.78, 5) is 9.62. The fourth-order valence-corrected chi connectivity index (χ4v) is 3.84. The summed E-state index contributed by atoms with van der Waals surface area (Å²) in [5.74, 6) is 1.38. The van der Waals surface area contributed by atoms with E-state index < -0.39 is 0 Å². The zero-order valence-electron chi connectivity index (χ0n) is 20.8. The SMILES string of the molecule is COCCN=C(Nc1c(C)cc(C)cc1C)C(=NCCOC)Nc1c(C)cc(C)cc1C. The van der Waals surface area contributed by atoms with Crippen LogP contribution in [-0.4, -0.2) is 52.2 Å². The Bertz CT molecular complexity index is 854. The first kappa shape index (κ1) is 25.6. The third-order valence-electron chi connectivity index (χ3n) is 5.20. The van der Waals surface area contributed by atoms with Gasteiger partial charge in [0.05, 0.1) is 26.3 Å². The first-order valence-corrected chi connectivity index (χ1v) is 11.0. The number of anilines is 2. The minimum Gasteiger partial charge on any atom is -0.383 e. The highest BCUT2D eigenvalue weighted by Gasteiger charge is 2.15. The van der Waals surface area contributed by atoms with Crippen LogP contribution in [-0.2, 0) is 9.47 Å². The fourth-order valence-electron chi connectivity index (χ4n) is 3.84. The van der Waals surface area contributed by atoms with E-state index in [1.807, 2.05) is 0 Å². The van der Waals surface area contributed by atoms with Crippen LogP contribution >= 0.6 is 0 Å². The minimum atomic E-state index is 0.527. The molecule has 0 fully saturated rings. The summed E-state index contributed by atoms with van der Waals surface area (Å²) in [6.45, 7) is 14.8. The van der Waals surface area contributed by atoms with E-state index in [4.69, 9.17) is 19.5 Å². The summed E-state index contributed by atoms with van der Waals surface area (Å²) in [6, 6.07) is 8.69. The van der Waals surface area contributed by atoms with Crippen LogP contribution in [0.3, 0.4) is 0 Å². The maximum Gasteiger partial charge on any atom is 0.169 e. The Kier molecular flexibility index (Phi) is 9.88. The number of benzene rings is 2. The number of nitrogens with zero attached hydrogens (tertiary/aromatic N) is 2. The van der Waals surface area contributed by atoms with Crippen molar-refractivity contribution in [3.8, 4) is 0 Å². The quantitative estimate of drug-likeness (QED) is 0.340. The highest BCUT2D eigenvalue weighted by atomic mass is 16.5. The Hall–Kier alpha value is -2.70. The molecular weight excluding hydrogens is 400 g/mol. The second-order valence-electron chi connectivity index (χ2n) is 8.24. The Labute approximate surface area is 193 Å². The van der Waals surface area contributed by atoms with E-state index in [0.29, 0.717) is 38.0 Å². The van der Waals surface area contributed by atoms with Gasteiger partial charge in [0, 0.05) is 25.6 Å². The summed E-state index contributed by atoms with van der Waals surface area (Å²) in [5.41, 5.74) is 9.24. The molecular formula is C26H38N4O2. The third-order valence-corrected chi connectivity index (χ3v) is 5.20. The first-order chi connectivity index (χ1) is 15.3. The number of ether oxygens (including phenoxy) is 2. The highest BCUT2D eigenvalue weighted by molar-refractivity contribution is 6.48. The molecule has 2 N–H and O–H groups in total. The van der Waals surface area contributed by atoms with Gasteiger partial charge in [-0.15, -0.1) is 0 Å². The molecule has 0 aliphatic heterocycles. The van der Waals surface area contributed by atoms with Crippen molar-refractivity contribution in [1.82, 2.24) is 0 Å². The minimum absolute atomic E-state index is 0.527. The zero-order chi connectivity index (χ0) is 23.7. The van der Waals surface area contributed by atoms with Crippen LogP contribution < -0.4 is 10.6 Å². The number of methoxy groups -OCH3 is 2. The standard InChI is InChI=1S/C26H38N4O2/c1-17-13-19(3)23(20(4)14-17)29-25(27-9-11-31-7)26(28-10-12-32-8)30-24-21(5)15-18(2)16-22(24)6/h13-16H,9-12H2,1-8H3,(H,27,29)(H,28,30). The van der Waals surface area contributed by atoms with Crippen molar-refractivity contribution in [2.45, 2.75) is 41.5 Å². The number of amidine groups is 2. The van der Waals surface area contributed by atoms with Gasteiger partial charge < -0.3 is 20.1 Å². The largest absolute Gasteiger partial charge is 0.383 e. The molecule has 0 saturated carbocycles. The van der Waals surface area contributed by atoms with E-state index in [1.54, 1.807) is 14.2 Å². The lowest BCUT2D eigenvalue weighted by molar-refractivity contribution is 0.207. The third kappa shape index (κ3) is 7.18. The van der Waals surface area contributed by atoms with Gasteiger partial charge in [0.15, 0.2) is 11.7 Å². The van der Waals surface area contributed by atoms with Gasteiger partial charge in [-0.05, 0) is 63.8 Å². The van der Waals surface area contributed by atoms with Crippen molar-refractivity contribution >= 4 is 23.0 Å². The Balaban J connectivity index is 2.51. The molecule has 0 spiro atoms. The highest BCUT2D eigenvalue weighted by Crippen LogP contribution is 2.24. The molecule has 0 aromatic heterocycles. The number of hydrogen-bond acceptors (Lipinski definition) is 4. The van der Waals surface area contributed by atoms with Crippen molar-refractivity contribution in [2.24, 2.45) is 9.98 Å². The van der Waals surface area contributed by atoms with Gasteiger partial charge in [0.25, 0.3) is 0 Å². The zero-order valence-corrected chi connectivity index (χ0v) is 20.8. The predicted molar refractivity (Wildman–Crippen MR) is 137 cm³/mol. The second kappa shape index (κ2) is 12.4. The van der Waals surface area contributed by atoms with Crippen molar-refractivity contribution in [3.05, 3.63) is 57.6 Å². The van der Waals surface area contributed by atoms with Gasteiger partial charge in [0.1, 0.15) is 0 Å². The lowest BCUT2D eigenvalue weighted by Gasteiger charge is -2.20. The molecule has 6 heteroatoms. The Morgan fingerprint density at radius 2 is 0.938 bits per heavy atom. The van der Waals surface area contributed by atoms with Gasteiger partial charge in [-0.25, -0.2) is 0 Å². The van der Waals surface area contributed by atoms with E-state index >= 15 is 0 Å². The van der Waals surface area contributed by atoms with Gasteiger partial charge in [-0.2, -0.15) is 0 Å². The molecule has 0 aliphatic carbocycles. The van der Waals surface area contributed by atoms with Crippen LogP contribution in [0.1, 0.15) is 33.4 Å². The van der Waals surface area contributed by atoms with Gasteiger partial charge in [-0.1, -0.05) is 35.4 Å². The molecule has 0 radical (unpaired) electrons. The number of hydrogen-bond donors (Lipinski definition) is 2. The molecule has 174 valence electrons. The topological polar surface area (TPSA) is 67.2 Å². The van der Waals surface area contributed by atoms with Crippen LogP contribution in [0.25, 0.3) is 0 Å². The van der Waals surface area contributed by atoms with Crippen molar-refractivity contribution in [3.63, 3.8) is 0 Å². The fraction of sp³-hybridized carbons (Fsp3) is 0.462. The summed E-state index contributed by atoms with van der Waals surface area (Å²) in [5, 5.41) is 7.12. The Morgan fingerprint density at radius 3 is 1.22 bits per heavy atom.